The maximum atomic E-state index is 14.5. The molecule has 0 aromatic heterocycles. The van der Waals surface area contributed by atoms with E-state index in [1.807, 2.05) is 6.08 Å². The maximum Gasteiger partial charge on any atom is 0.341 e. The van der Waals surface area contributed by atoms with Gasteiger partial charge in [-0.15, -0.1) is 0 Å². The lowest BCUT2D eigenvalue weighted by Crippen LogP contribution is -2.66. The van der Waals surface area contributed by atoms with Gasteiger partial charge in [0, 0.05) is 17.8 Å². The molecule has 5 aliphatic rings. The molecule has 6 nitrogen and oxygen atoms in total. The summed E-state index contributed by atoms with van der Waals surface area (Å²) in [5, 5.41) is 3.84. The van der Waals surface area contributed by atoms with Gasteiger partial charge in [0.15, 0.2) is 5.78 Å². The summed E-state index contributed by atoms with van der Waals surface area (Å²) in [7, 11) is 0. The van der Waals surface area contributed by atoms with E-state index in [9.17, 15) is 14.4 Å². The summed E-state index contributed by atoms with van der Waals surface area (Å²) in [6.45, 7) is 17.6. The summed E-state index contributed by atoms with van der Waals surface area (Å²) in [6, 6.07) is 0. The highest BCUT2D eigenvalue weighted by Crippen LogP contribution is 2.75. The van der Waals surface area contributed by atoms with Gasteiger partial charge >= 0.3 is 5.97 Å². The zero-order chi connectivity index (χ0) is 28.8. The van der Waals surface area contributed by atoms with Crippen LogP contribution in [0, 0.1) is 50.2 Å². The van der Waals surface area contributed by atoms with Crippen molar-refractivity contribution in [1.29, 1.82) is 0 Å². The highest BCUT2D eigenvalue weighted by Gasteiger charge is 2.71. The second kappa shape index (κ2) is 8.76. The lowest BCUT2D eigenvalue weighted by Gasteiger charge is -2.69. The largest absolute Gasteiger partial charge is 0.385 e. The predicted octanol–water partition coefficient (Wildman–Crippen LogP) is 6.76. The van der Waals surface area contributed by atoms with Crippen molar-refractivity contribution in [3.63, 3.8) is 0 Å². The Balaban J connectivity index is 1.63. The number of hydrogen-bond acceptors (Lipinski definition) is 5. The number of Topliss-reactive ketones (excluding diaryl/α,β-unsaturated/α-hetero) is 1. The van der Waals surface area contributed by atoms with E-state index in [0.29, 0.717) is 25.0 Å². The van der Waals surface area contributed by atoms with Gasteiger partial charge in [-0.05, 0) is 104 Å². The average Bonchev–Trinajstić information content (AvgIpc) is 2.86. The third kappa shape index (κ3) is 3.71. The van der Waals surface area contributed by atoms with E-state index in [0.717, 1.165) is 44.9 Å². The SMILES string of the molecule is CC[C@]1(C)C(=O)CC[C@]2(C)C3=CC(=O)[C@@H]4[C@@H]5CC(C)(C)CC[C@]5(C(=O)O/N=C(/C)N)CC[C@@]4(C)[C@]3(C)CC[C@@H]12. The fraction of sp³-hybridized carbons (Fsp3) is 0.818. The van der Waals surface area contributed by atoms with Crippen LogP contribution in [0.3, 0.4) is 0 Å². The number of amidine groups is 1. The van der Waals surface area contributed by atoms with Crippen molar-refractivity contribution >= 4 is 23.4 Å². The van der Waals surface area contributed by atoms with Crippen molar-refractivity contribution in [3.8, 4) is 0 Å². The molecule has 0 aliphatic heterocycles. The molecule has 216 valence electrons. The molecule has 4 saturated carbocycles. The van der Waals surface area contributed by atoms with Crippen LogP contribution in [0.15, 0.2) is 16.8 Å². The van der Waals surface area contributed by atoms with Crippen LogP contribution in [0.25, 0.3) is 0 Å². The van der Waals surface area contributed by atoms with E-state index < -0.39 is 5.41 Å². The minimum atomic E-state index is -0.713. The van der Waals surface area contributed by atoms with E-state index in [1.54, 1.807) is 6.92 Å². The molecule has 5 rings (SSSR count). The van der Waals surface area contributed by atoms with Crippen molar-refractivity contribution < 1.29 is 19.2 Å². The second-order valence-corrected chi connectivity index (χ2v) is 15.6. The molecule has 0 spiro atoms. The van der Waals surface area contributed by atoms with Crippen LogP contribution >= 0.6 is 0 Å². The van der Waals surface area contributed by atoms with Crippen molar-refractivity contribution in [2.75, 3.05) is 0 Å². The van der Waals surface area contributed by atoms with Crippen LogP contribution in [0.1, 0.15) is 120 Å². The number of carbonyl (C=O) groups excluding carboxylic acids is 3. The molecule has 0 saturated heterocycles. The monoisotopic (exact) mass is 538 g/mol. The highest BCUT2D eigenvalue weighted by atomic mass is 16.7. The van der Waals surface area contributed by atoms with Crippen LogP contribution in [0.5, 0.6) is 0 Å². The van der Waals surface area contributed by atoms with Gasteiger partial charge in [0.05, 0.1) is 5.41 Å². The van der Waals surface area contributed by atoms with E-state index in [2.05, 4.69) is 53.6 Å². The third-order valence-corrected chi connectivity index (χ3v) is 13.4. The van der Waals surface area contributed by atoms with E-state index in [4.69, 9.17) is 10.6 Å². The zero-order valence-electron chi connectivity index (χ0n) is 25.5. The molecular formula is C33H50N2O4. The number of carbonyl (C=O) groups is 3. The molecule has 0 amide bonds. The average molecular weight is 539 g/mol. The number of oxime groups is 1. The first-order chi connectivity index (χ1) is 18.0. The Morgan fingerprint density at radius 2 is 1.69 bits per heavy atom. The first kappa shape index (κ1) is 28.5. The Labute approximate surface area is 234 Å². The van der Waals surface area contributed by atoms with Gasteiger partial charge in [-0.25, -0.2) is 4.79 Å². The summed E-state index contributed by atoms with van der Waals surface area (Å²) < 4.78 is 0. The van der Waals surface area contributed by atoms with Gasteiger partial charge < -0.3 is 10.6 Å². The molecule has 0 bridgehead atoms. The highest BCUT2D eigenvalue weighted by molar-refractivity contribution is 5.96. The van der Waals surface area contributed by atoms with E-state index >= 15 is 0 Å². The number of ketones is 2. The topological polar surface area (TPSA) is 98.8 Å². The lowest BCUT2D eigenvalue weighted by atomic mass is 9.33. The number of allylic oxidation sites excluding steroid dienone is 2. The fourth-order valence-corrected chi connectivity index (χ4v) is 10.6. The quantitative estimate of drug-likeness (QED) is 0.185. The minimum absolute atomic E-state index is 0.0429. The Hall–Kier alpha value is -1.98. The molecule has 5 aliphatic carbocycles. The molecular weight excluding hydrogens is 488 g/mol. The lowest BCUT2D eigenvalue weighted by molar-refractivity contribution is -0.195. The van der Waals surface area contributed by atoms with Gasteiger partial charge in [-0.1, -0.05) is 59.2 Å². The fourth-order valence-electron chi connectivity index (χ4n) is 10.6. The normalized spacial score (nSPS) is 47.2. The Morgan fingerprint density at radius 1 is 1.03 bits per heavy atom. The second-order valence-electron chi connectivity index (χ2n) is 15.6. The molecule has 0 aromatic carbocycles. The van der Waals surface area contributed by atoms with Crippen molar-refractivity contribution in [2.24, 2.45) is 61.1 Å². The minimum Gasteiger partial charge on any atom is -0.385 e. The van der Waals surface area contributed by atoms with Crippen molar-refractivity contribution in [1.82, 2.24) is 0 Å². The van der Waals surface area contributed by atoms with Gasteiger partial charge in [0.2, 0.25) is 0 Å². The molecule has 0 unspecified atom stereocenters. The molecule has 0 heterocycles. The van der Waals surface area contributed by atoms with Crippen LogP contribution in [-0.4, -0.2) is 23.4 Å². The maximum absolute atomic E-state index is 14.5. The van der Waals surface area contributed by atoms with E-state index in [-0.39, 0.29) is 62.4 Å². The van der Waals surface area contributed by atoms with Crippen molar-refractivity contribution in [2.45, 2.75) is 120 Å². The van der Waals surface area contributed by atoms with E-state index in [1.165, 1.54) is 5.57 Å². The van der Waals surface area contributed by atoms with Crippen LogP contribution < -0.4 is 5.73 Å². The summed E-state index contributed by atoms with van der Waals surface area (Å²) in [6.07, 6.45) is 10.2. The third-order valence-electron chi connectivity index (χ3n) is 13.4. The van der Waals surface area contributed by atoms with Crippen LogP contribution in [0.4, 0.5) is 0 Å². The number of rotatable bonds is 3. The summed E-state index contributed by atoms with van der Waals surface area (Å²) in [5.74, 6) is 0.399. The van der Waals surface area contributed by atoms with Crippen molar-refractivity contribution in [3.05, 3.63) is 11.6 Å². The summed E-state index contributed by atoms with van der Waals surface area (Å²) >= 11 is 0. The van der Waals surface area contributed by atoms with Gasteiger partial charge in [0.25, 0.3) is 0 Å². The van der Waals surface area contributed by atoms with Gasteiger partial charge in [-0.2, -0.15) is 0 Å². The molecule has 6 heteroatoms. The summed E-state index contributed by atoms with van der Waals surface area (Å²) in [4.78, 5) is 46.9. The Bertz CT molecular complexity index is 1170. The van der Waals surface area contributed by atoms with Gasteiger partial charge in [-0.3, -0.25) is 9.59 Å². The molecule has 39 heavy (non-hydrogen) atoms. The first-order valence-corrected chi connectivity index (χ1v) is 15.3. The summed E-state index contributed by atoms with van der Waals surface area (Å²) in [5.41, 5.74) is 5.41. The van der Waals surface area contributed by atoms with Gasteiger partial charge in [0.1, 0.15) is 11.6 Å². The predicted molar refractivity (Wildman–Crippen MR) is 152 cm³/mol. The number of fused-ring (bicyclic) bond motifs is 7. The number of hydrogen-bond donors (Lipinski definition) is 1. The smallest absolute Gasteiger partial charge is 0.341 e. The van der Waals surface area contributed by atoms with Crippen LogP contribution in [-0.2, 0) is 19.2 Å². The zero-order valence-corrected chi connectivity index (χ0v) is 25.5. The number of nitrogens with zero attached hydrogens (tertiary/aromatic N) is 1. The Morgan fingerprint density at radius 3 is 2.33 bits per heavy atom. The molecule has 0 aromatic rings. The Kier molecular flexibility index (Phi) is 6.41. The molecule has 4 fully saturated rings. The van der Waals surface area contributed by atoms with Crippen LogP contribution in [0.2, 0.25) is 0 Å². The first-order valence-electron chi connectivity index (χ1n) is 15.3. The number of nitrogens with two attached hydrogens (primary N) is 1. The standard InChI is InChI=1S/C33H50N2O4/c1-9-29(5)23-10-13-31(7)24(30(23,6)12-11-25(29)37)18-22(36)26-21-19-28(3,4)14-16-33(21,17-15-32(26,31)8)27(38)39-35-20(2)34/h18,21,23,26H,9-17,19H2,1-8H3,(H2,34,35)/t21-,23-,26-,29-,30-,31+,32+,33-/m0/s1. The molecule has 0 radical (unpaired) electrons. The molecule has 8 atom stereocenters. The molecule has 2 N–H and O–H groups in total.